The van der Waals surface area contributed by atoms with Crippen LogP contribution < -0.4 is 10.6 Å². The van der Waals surface area contributed by atoms with Crippen molar-refractivity contribution in [1.82, 2.24) is 15.3 Å². The smallest absolute Gasteiger partial charge is 0.261 e. The quantitative estimate of drug-likeness (QED) is 0.805. The van der Waals surface area contributed by atoms with Crippen LogP contribution in [0.1, 0.15) is 28.1 Å². The minimum atomic E-state index is -0.00271. The van der Waals surface area contributed by atoms with Crippen molar-refractivity contribution >= 4 is 33.3 Å². The second-order valence-corrected chi connectivity index (χ2v) is 6.28. The average molecular weight is 302 g/mol. The lowest BCUT2D eigenvalue weighted by Gasteiger charge is -2.05. The number of fused-ring (bicyclic) bond motifs is 1. The molecule has 3 rings (SSSR count). The number of thiophene rings is 1. The van der Waals surface area contributed by atoms with Crippen molar-refractivity contribution < 1.29 is 4.79 Å². The highest BCUT2D eigenvalue weighted by atomic mass is 32.1. The summed E-state index contributed by atoms with van der Waals surface area (Å²) in [5, 5.41) is 7.14. The van der Waals surface area contributed by atoms with Crippen LogP contribution in [0.3, 0.4) is 0 Å². The first-order valence-corrected chi connectivity index (χ1v) is 7.89. The molecule has 1 fully saturated rings. The summed E-state index contributed by atoms with van der Waals surface area (Å²) in [7, 11) is 0. The predicted molar refractivity (Wildman–Crippen MR) is 85.9 cm³/mol. The molecule has 0 bridgehead atoms. The molecule has 0 aliphatic heterocycles. The molecule has 0 atom stereocenters. The number of aromatic nitrogens is 2. The zero-order valence-corrected chi connectivity index (χ0v) is 12.8. The molecular weight excluding hydrogens is 284 g/mol. The molecule has 6 heteroatoms. The molecule has 0 spiro atoms. The van der Waals surface area contributed by atoms with Gasteiger partial charge in [0.15, 0.2) is 0 Å². The Bertz CT molecular complexity index is 690. The minimum Gasteiger partial charge on any atom is -0.366 e. The van der Waals surface area contributed by atoms with Crippen molar-refractivity contribution in [2.24, 2.45) is 5.92 Å². The summed E-state index contributed by atoms with van der Waals surface area (Å²) in [6.45, 7) is 7.05. The zero-order valence-electron chi connectivity index (χ0n) is 12.0. The van der Waals surface area contributed by atoms with Gasteiger partial charge in [0, 0.05) is 13.1 Å². The highest BCUT2D eigenvalue weighted by Gasteiger charge is 2.24. The van der Waals surface area contributed by atoms with Crippen molar-refractivity contribution in [2.45, 2.75) is 19.8 Å². The highest BCUT2D eigenvalue weighted by molar-refractivity contribution is 7.20. The van der Waals surface area contributed by atoms with E-state index < -0.39 is 0 Å². The molecule has 1 aliphatic carbocycles. The van der Waals surface area contributed by atoms with Crippen molar-refractivity contribution in [2.75, 3.05) is 18.4 Å². The molecule has 110 valence electrons. The maximum Gasteiger partial charge on any atom is 0.261 e. The van der Waals surface area contributed by atoms with E-state index in [1.165, 1.54) is 30.5 Å². The maximum atomic E-state index is 12.3. The van der Waals surface area contributed by atoms with Crippen molar-refractivity contribution in [3.05, 3.63) is 29.4 Å². The van der Waals surface area contributed by atoms with Gasteiger partial charge in [0.1, 0.15) is 17.0 Å². The monoisotopic (exact) mass is 302 g/mol. The lowest BCUT2D eigenvalue weighted by atomic mass is 10.2. The van der Waals surface area contributed by atoms with Gasteiger partial charge in [-0.25, -0.2) is 9.97 Å². The Labute approximate surface area is 127 Å². The Morgan fingerprint density at radius 1 is 1.52 bits per heavy atom. The molecule has 1 amide bonds. The topological polar surface area (TPSA) is 66.9 Å². The molecule has 21 heavy (non-hydrogen) atoms. The first-order chi connectivity index (χ1) is 10.2. The number of aryl methyl sites for hydroxylation is 1. The third-order valence-corrected chi connectivity index (χ3v) is 4.79. The van der Waals surface area contributed by atoms with Crippen LogP contribution in [0, 0.1) is 12.8 Å². The molecule has 2 N–H and O–H groups in total. The third-order valence-electron chi connectivity index (χ3n) is 3.60. The Hall–Kier alpha value is -1.95. The molecule has 2 heterocycles. The van der Waals surface area contributed by atoms with E-state index in [-0.39, 0.29) is 5.91 Å². The van der Waals surface area contributed by atoms with Crippen LogP contribution in [-0.4, -0.2) is 29.0 Å². The summed E-state index contributed by atoms with van der Waals surface area (Å²) >= 11 is 1.42. The number of amides is 1. The van der Waals surface area contributed by atoms with Crippen molar-refractivity contribution in [1.29, 1.82) is 0 Å². The molecule has 2 aromatic heterocycles. The number of hydrogen-bond donors (Lipinski definition) is 2. The largest absolute Gasteiger partial charge is 0.366 e. The van der Waals surface area contributed by atoms with Gasteiger partial charge in [0.05, 0.1) is 10.3 Å². The van der Waals surface area contributed by atoms with Crippen LogP contribution >= 0.6 is 11.3 Å². The highest BCUT2D eigenvalue weighted by Crippen LogP contribution is 2.33. The van der Waals surface area contributed by atoms with E-state index in [0.717, 1.165) is 33.0 Å². The Kier molecular flexibility index (Phi) is 3.88. The number of nitrogens with zero attached hydrogens (tertiary/aromatic N) is 2. The molecular formula is C15H18N4OS. The first kappa shape index (κ1) is 14.0. The van der Waals surface area contributed by atoms with E-state index in [2.05, 4.69) is 27.2 Å². The zero-order chi connectivity index (χ0) is 14.8. The van der Waals surface area contributed by atoms with E-state index >= 15 is 0 Å². The van der Waals surface area contributed by atoms with Gasteiger partial charge in [-0.3, -0.25) is 4.79 Å². The lowest BCUT2D eigenvalue weighted by molar-refractivity contribution is 0.0955. The maximum absolute atomic E-state index is 12.3. The van der Waals surface area contributed by atoms with Crippen LogP contribution in [0.2, 0.25) is 0 Å². The van der Waals surface area contributed by atoms with Gasteiger partial charge in [-0.1, -0.05) is 6.08 Å². The van der Waals surface area contributed by atoms with Gasteiger partial charge < -0.3 is 10.6 Å². The van der Waals surface area contributed by atoms with Gasteiger partial charge in [-0.2, -0.15) is 0 Å². The van der Waals surface area contributed by atoms with Crippen molar-refractivity contribution in [3.8, 4) is 0 Å². The Morgan fingerprint density at radius 2 is 2.33 bits per heavy atom. The average Bonchev–Trinajstić information content (AvgIpc) is 3.26. The second-order valence-electron chi connectivity index (χ2n) is 5.28. The summed E-state index contributed by atoms with van der Waals surface area (Å²) < 4.78 is 0. The lowest BCUT2D eigenvalue weighted by Crippen LogP contribution is -2.25. The SMILES string of the molecule is C=CCNc1ncnc2sc(C(=O)NCC3CC3)c(C)c12. The fourth-order valence-corrected chi connectivity index (χ4v) is 3.30. The molecule has 2 aromatic rings. The van der Waals surface area contributed by atoms with E-state index in [0.29, 0.717) is 12.5 Å². The molecule has 0 saturated heterocycles. The van der Waals surface area contributed by atoms with Crippen LogP contribution in [0.25, 0.3) is 10.2 Å². The summed E-state index contributed by atoms with van der Waals surface area (Å²) in [4.78, 5) is 22.4. The predicted octanol–water partition coefficient (Wildman–Crippen LogP) is 2.74. The molecule has 1 aliphatic rings. The standard InChI is InChI=1S/C15H18N4OS/c1-3-6-16-13-11-9(2)12(21-15(11)19-8-18-13)14(20)17-7-10-4-5-10/h3,8,10H,1,4-7H2,2H3,(H,17,20)(H,16,18,19). The minimum absolute atomic E-state index is 0.00271. The molecule has 0 unspecified atom stereocenters. The molecule has 0 radical (unpaired) electrons. The summed E-state index contributed by atoms with van der Waals surface area (Å²) in [5.74, 6) is 1.43. The summed E-state index contributed by atoms with van der Waals surface area (Å²) in [6, 6.07) is 0. The van der Waals surface area contributed by atoms with Gasteiger partial charge in [-0.15, -0.1) is 17.9 Å². The number of carbonyl (C=O) groups is 1. The number of hydrogen-bond acceptors (Lipinski definition) is 5. The van der Waals surface area contributed by atoms with Crippen LogP contribution in [0.5, 0.6) is 0 Å². The Morgan fingerprint density at radius 3 is 3.05 bits per heavy atom. The van der Waals surface area contributed by atoms with Crippen LogP contribution in [-0.2, 0) is 0 Å². The van der Waals surface area contributed by atoms with Crippen LogP contribution in [0.15, 0.2) is 19.0 Å². The number of anilines is 1. The molecule has 1 saturated carbocycles. The molecule has 0 aromatic carbocycles. The van der Waals surface area contributed by atoms with E-state index in [9.17, 15) is 4.79 Å². The normalized spacial score (nSPS) is 14.1. The van der Waals surface area contributed by atoms with Crippen molar-refractivity contribution in [3.63, 3.8) is 0 Å². The van der Waals surface area contributed by atoms with E-state index in [1.807, 2.05) is 6.92 Å². The Balaban J connectivity index is 1.90. The van der Waals surface area contributed by atoms with E-state index in [4.69, 9.17) is 0 Å². The third kappa shape index (κ3) is 2.90. The number of nitrogens with one attached hydrogen (secondary N) is 2. The first-order valence-electron chi connectivity index (χ1n) is 7.07. The van der Waals surface area contributed by atoms with Gasteiger partial charge in [0.25, 0.3) is 5.91 Å². The van der Waals surface area contributed by atoms with Crippen LogP contribution in [0.4, 0.5) is 5.82 Å². The fourth-order valence-electron chi connectivity index (χ4n) is 2.23. The summed E-state index contributed by atoms with van der Waals surface area (Å²) in [6.07, 6.45) is 5.76. The number of rotatable bonds is 6. The van der Waals surface area contributed by atoms with E-state index in [1.54, 1.807) is 6.08 Å². The van der Waals surface area contributed by atoms with Gasteiger partial charge in [0.2, 0.25) is 0 Å². The number of carbonyl (C=O) groups excluding carboxylic acids is 1. The summed E-state index contributed by atoms with van der Waals surface area (Å²) in [5.41, 5.74) is 0.940. The fraction of sp³-hybridized carbons (Fsp3) is 0.400. The van der Waals surface area contributed by atoms with Gasteiger partial charge in [-0.05, 0) is 31.2 Å². The second kappa shape index (κ2) is 5.81. The molecule has 5 nitrogen and oxygen atoms in total. The van der Waals surface area contributed by atoms with Gasteiger partial charge >= 0.3 is 0 Å².